The second kappa shape index (κ2) is 6.66. The van der Waals surface area contributed by atoms with E-state index in [0.29, 0.717) is 32.7 Å². The quantitative estimate of drug-likeness (QED) is 0.925. The van der Waals surface area contributed by atoms with Gasteiger partial charge in [0.15, 0.2) is 0 Å². The Kier molecular flexibility index (Phi) is 5.08. The fourth-order valence-electron chi connectivity index (χ4n) is 2.49. The van der Waals surface area contributed by atoms with Crippen molar-refractivity contribution < 1.29 is 23.1 Å². The molecule has 22 heavy (non-hydrogen) atoms. The van der Waals surface area contributed by atoms with E-state index in [1.54, 1.807) is 11.8 Å². The van der Waals surface area contributed by atoms with Crippen LogP contribution in [0.1, 0.15) is 22.8 Å². The van der Waals surface area contributed by atoms with Crippen molar-refractivity contribution in [3.05, 3.63) is 35.4 Å². The first kappa shape index (κ1) is 16.8. The monoisotopic (exact) mass is 316 g/mol. The third kappa shape index (κ3) is 4.20. The summed E-state index contributed by atoms with van der Waals surface area (Å²) in [6.07, 6.45) is -4.81. The third-order valence-corrected chi connectivity index (χ3v) is 3.64. The number of aliphatic hydroxyl groups excluding tert-OH is 1. The largest absolute Gasteiger partial charge is 0.416 e. The van der Waals surface area contributed by atoms with Crippen LogP contribution < -0.4 is 0 Å². The predicted molar refractivity (Wildman–Crippen MR) is 75.5 cm³/mol. The van der Waals surface area contributed by atoms with Gasteiger partial charge in [0, 0.05) is 38.3 Å². The highest BCUT2D eigenvalue weighted by Gasteiger charge is 2.30. The summed E-state index contributed by atoms with van der Waals surface area (Å²) in [6.45, 7) is 4.58. The Morgan fingerprint density at radius 1 is 1.18 bits per heavy atom. The van der Waals surface area contributed by atoms with Gasteiger partial charge >= 0.3 is 6.18 Å². The van der Waals surface area contributed by atoms with Crippen LogP contribution in [0, 0.1) is 0 Å². The van der Waals surface area contributed by atoms with Gasteiger partial charge in [0.05, 0.1) is 11.7 Å². The van der Waals surface area contributed by atoms with Crippen LogP contribution in [0.25, 0.3) is 0 Å². The first-order valence-corrected chi connectivity index (χ1v) is 7.14. The fraction of sp³-hybridized carbons (Fsp3) is 0.533. The molecule has 4 nitrogen and oxygen atoms in total. The molecular formula is C15H19F3N2O2. The van der Waals surface area contributed by atoms with Gasteiger partial charge in [-0.25, -0.2) is 0 Å². The van der Waals surface area contributed by atoms with Crippen LogP contribution in [0.15, 0.2) is 24.3 Å². The zero-order valence-electron chi connectivity index (χ0n) is 12.3. The Balaban J connectivity index is 1.95. The van der Waals surface area contributed by atoms with E-state index < -0.39 is 17.8 Å². The number of carbonyl (C=O) groups excluding carboxylic acids is 1. The standard InChI is InChI=1S/C15H19F3N2O2/c1-11(21)10-19-6-8-20(9-7-19)14(22)12-2-4-13(5-3-12)15(16,17)18/h2-5,11,21H,6-10H2,1H3/t11-/m1/s1. The number of β-amino-alcohol motifs (C(OH)–C–C–N with tert-alkyl or cyclic N) is 1. The highest BCUT2D eigenvalue weighted by Crippen LogP contribution is 2.29. The highest BCUT2D eigenvalue weighted by atomic mass is 19.4. The van der Waals surface area contributed by atoms with Crippen LogP contribution >= 0.6 is 0 Å². The Bertz CT molecular complexity index is 507. The Morgan fingerprint density at radius 2 is 1.73 bits per heavy atom. The van der Waals surface area contributed by atoms with Crippen LogP contribution in [0.2, 0.25) is 0 Å². The SMILES string of the molecule is C[C@@H](O)CN1CCN(C(=O)c2ccc(C(F)(F)F)cc2)CC1. The van der Waals surface area contributed by atoms with E-state index in [0.717, 1.165) is 12.1 Å². The van der Waals surface area contributed by atoms with Crippen LogP contribution in [0.3, 0.4) is 0 Å². The van der Waals surface area contributed by atoms with Gasteiger partial charge in [0.1, 0.15) is 0 Å². The van der Waals surface area contributed by atoms with Crippen LogP contribution in [0.5, 0.6) is 0 Å². The van der Waals surface area contributed by atoms with Crippen molar-refractivity contribution in [1.82, 2.24) is 9.80 Å². The minimum Gasteiger partial charge on any atom is -0.392 e. The van der Waals surface area contributed by atoms with Crippen molar-refractivity contribution >= 4 is 5.91 Å². The number of amides is 1. The zero-order valence-corrected chi connectivity index (χ0v) is 12.3. The molecule has 1 amide bonds. The molecule has 0 radical (unpaired) electrons. The van der Waals surface area contributed by atoms with Crippen molar-refractivity contribution in [3.63, 3.8) is 0 Å². The second-order valence-corrected chi connectivity index (χ2v) is 5.52. The molecule has 0 unspecified atom stereocenters. The molecule has 1 aliphatic heterocycles. The lowest BCUT2D eigenvalue weighted by Gasteiger charge is -2.35. The maximum atomic E-state index is 12.5. The molecule has 1 N–H and O–H groups in total. The summed E-state index contributed by atoms with van der Waals surface area (Å²) < 4.78 is 37.5. The number of hydrogen-bond acceptors (Lipinski definition) is 3. The Morgan fingerprint density at radius 3 is 2.18 bits per heavy atom. The molecule has 1 aliphatic rings. The predicted octanol–water partition coefficient (Wildman–Crippen LogP) is 1.84. The molecule has 0 spiro atoms. The lowest BCUT2D eigenvalue weighted by molar-refractivity contribution is -0.137. The second-order valence-electron chi connectivity index (χ2n) is 5.52. The van der Waals surface area contributed by atoms with Crippen molar-refractivity contribution in [2.45, 2.75) is 19.2 Å². The van der Waals surface area contributed by atoms with E-state index in [1.165, 1.54) is 12.1 Å². The first-order chi connectivity index (χ1) is 10.3. The fourth-order valence-corrected chi connectivity index (χ4v) is 2.49. The van der Waals surface area contributed by atoms with Crippen LogP contribution in [-0.4, -0.2) is 59.6 Å². The van der Waals surface area contributed by atoms with E-state index in [-0.39, 0.29) is 11.5 Å². The van der Waals surface area contributed by atoms with Gasteiger partial charge in [-0.15, -0.1) is 0 Å². The minimum absolute atomic E-state index is 0.259. The summed E-state index contributed by atoms with van der Waals surface area (Å²) in [6, 6.07) is 4.29. The van der Waals surface area contributed by atoms with Gasteiger partial charge in [-0.1, -0.05) is 0 Å². The molecule has 1 atom stereocenters. The topological polar surface area (TPSA) is 43.8 Å². The van der Waals surface area contributed by atoms with Crippen molar-refractivity contribution in [2.75, 3.05) is 32.7 Å². The van der Waals surface area contributed by atoms with E-state index in [1.807, 2.05) is 0 Å². The average molecular weight is 316 g/mol. The summed E-state index contributed by atoms with van der Waals surface area (Å²) in [5.74, 6) is -0.259. The summed E-state index contributed by atoms with van der Waals surface area (Å²) in [5.41, 5.74) is -0.497. The molecule has 1 saturated heterocycles. The number of aliphatic hydroxyl groups is 1. The van der Waals surface area contributed by atoms with Crippen molar-refractivity contribution in [1.29, 1.82) is 0 Å². The minimum atomic E-state index is -4.39. The Labute approximate surface area is 127 Å². The van der Waals surface area contributed by atoms with E-state index >= 15 is 0 Å². The molecule has 1 aromatic carbocycles. The van der Waals surface area contributed by atoms with E-state index in [4.69, 9.17) is 0 Å². The number of piperazine rings is 1. The van der Waals surface area contributed by atoms with Gasteiger partial charge in [-0.05, 0) is 31.2 Å². The van der Waals surface area contributed by atoms with Gasteiger partial charge < -0.3 is 10.0 Å². The number of benzene rings is 1. The molecule has 7 heteroatoms. The summed E-state index contributed by atoms with van der Waals surface area (Å²) in [5, 5.41) is 9.34. The van der Waals surface area contributed by atoms with E-state index in [9.17, 15) is 23.1 Å². The zero-order chi connectivity index (χ0) is 16.3. The molecular weight excluding hydrogens is 297 g/mol. The lowest BCUT2D eigenvalue weighted by atomic mass is 10.1. The van der Waals surface area contributed by atoms with Crippen LogP contribution in [0.4, 0.5) is 13.2 Å². The molecule has 0 saturated carbocycles. The highest BCUT2D eigenvalue weighted by molar-refractivity contribution is 5.94. The maximum Gasteiger partial charge on any atom is 0.416 e. The van der Waals surface area contributed by atoms with Gasteiger partial charge in [-0.2, -0.15) is 13.2 Å². The average Bonchev–Trinajstić information content (AvgIpc) is 2.46. The number of nitrogens with zero attached hydrogens (tertiary/aromatic N) is 2. The maximum absolute atomic E-state index is 12.5. The summed E-state index contributed by atoms with van der Waals surface area (Å²) in [7, 11) is 0. The van der Waals surface area contributed by atoms with Gasteiger partial charge in [-0.3, -0.25) is 9.69 Å². The smallest absolute Gasteiger partial charge is 0.392 e. The normalized spacial score (nSPS) is 18.3. The first-order valence-electron chi connectivity index (χ1n) is 7.14. The molecule has 1 heterocycles. The summed E-state index contributed by atoms with van der Waals surface area (Å²) in [4.78, 5) is 15.9. The van der Waals surface area contributed by atoms with E-state index in [2.05, 4.69) is 4.90 Å². The lowest BCUT2D eigenvalue weighted by Crippen LogP contribution is -2.50. The molecule has 0 aromatic heterocycles. The van der Waals surface area contributed by atoms with Crippen LogP contribution in [-0.2, 0) is 6.18 Å². The molecule has 1 aromatic rings. The Hall–Kier alpha value is -1.60. The molecule has 0 aliphatic carbocycles. The molecule has 122 valence electrons. The molecule has 2 rings (SSSR count). The van der Waals surface area contributed by atoms with Crippen molar-refractivity contribution in [3.8, 4) is 0 Å². The molecule has 1 fully saturated rings. The number of hydrogen-bond donors (Lipinski definition) is 1. The number of rotatable bonds is 3. The number of alkyl halides is 3. The summed E-state index contributed by atoms with van der Waals surface area (Å²) >= 11 is 0. The van der Waals surface area contributed by atoms with Crippen molar-refractivity contribution in [2.24, 2.45) is 0 Å². The number of carbonyl (C=O) groups is 1. The molecule has 0 bridgehead atoms. The number of halogens is 3. The third-order valence-electron chi connectivity index (χ3n) is 3.64. The van der Waals surface area contributed by atoms with Gasteiger partial charge in [0.25, 0.3) is 5.91 Å². The van der Waals surface area contributed by atoms with Gasteiger partial charge in [0.2, 0.25) is 0 Å².